The monoisotopic (exact) mass is 604 g/mol. The molecule has 0 amide bonds. The molecule has 0 aliphatic carbocycles. The fourth-order valence-electron chi connectivity index (χ4n) is 6.36. The topological polar surface area (TPSA) is 42.4 Å². The first-order valence-electron chi connectivity index (χ1n) is 15.7. The highest BCUT2D eigenvalue weighted by atomic mass is 16.4. The molecule has 0 aliphatic heterocycles. The zero-order valence-electron chi connectivity index (χ0n) is 25.4. The van der Waals surface area contributed by atoms with E-state index in [0.29, 0.717) is 5.89 Å². The van der Waals surface area contributed by atoms with Crippen LogP contribution in [-0.2, 0) is 0 Å². The van der Waals surface area contributed by atoms with E-state index in [1.165, 1.54) is 16.7 Å². The summed E-state index contributed by atoms with van der Waals surface area (Å²) < 4.78 is 12.6. The van der Waals surface area contributed by atoms with Gasteiger partial charge in [0, 0.05) is 39.5 Å². The van der Waals surface area contributed by atoms with Crippen molar-refractivity contribution in [3.8, 4) is 33.7 Å². The minimum Gasteiger partial charge on any atom is -0.456 e. The second-order valence-electron chi connectivity index (χ2n) is 11.6. The normalized spacial score (nSPS) is 11.4. The zero-order valence-corrected chi connectivity index (χ0v) is 25.4. The molecule has 9 rings (SSSR count). The van der Waals surface area contributed by atoms with E-state index in [4.69, 9.17) is 13.8 Å². The minimum absolute atomic E-state index is 0.600. The van der Waals surface area contributed by atoms with Gasteiger partial charge < -0.3 is 13.7 Å². The summed E-state index contributed by atoms with van der Waals surface area (Å²) in [5.74, 6) is 0.600. The SMILES string of the molecule is c1ccc(-c2ccc(-c3cccc(N(c4ccccc4)c4ccc5oc6cc7nc(-c8ccccc8)oc7cc6c5c4)c3)cc2)cc1. The number of para-hydroxylation sites is 1. The van der Waals surface area contributed by atoms with Crippen LogP contribution in [-0.4, -0.2) is 4.98 Å². The molecule has 0 N–H and O–H groups in total. The van der Waals surface area contributed by atoms with Crippen LogP contribution in [0.5, 0.6) is 0 Å². The van der Waals surface area contributed by atoms with Gasteiger partial charge in [-0.1, -0.05) is 103 Å². The van der Waals surface area contributed by atoms with Gasteiger partial charge in [-0.2, -0.15) is 0 Å². The second kappa shape index (κ2) is 11.2. The van der Waals surface area contributed by atoms with Crippen LogP contribution in [0.4, 0.5) is 17.1 Å². The Morgan fingerprint density at radius 3 is 1.68 bits per heavy atom. The van der Waals surface area contributed by atoms with Crippen LogP contribution in [0.3, 0.4) is 0 Å². The van der Waals surface area contributed by atoms with E-state index in [1.54, 1.807) is 0 Å². The number of hydrogen-bond acceptors (Lipinski definition) is 4. The maximum Gasteiger partial charge on any atom is 0.227 e. The Bertz CT molecular complexity index is 2500. The molecular weight excluding hydrogens is 576 g/mol. The molecule has 0 bridgehead atoms. The highest BCUT2D eigenvalue weighted by molar-refractivity contribution is 6.10. The van der Waals surface area contributed by atoms with Crippen molar-refractivity contribution in [3.05, 3.63) is 170 Å². The second-order valence-corrected chi connectivity index (χ2v) is 11.6. The molecule has 2 heterocycles. The first-order valence-corrected chi connectivity index (χ1v) is 15.7. The van der Waals surface area contributed by atoms with Crippen LogP contribution < -0.4 is 4.90 Å². The van der Waals surface area contributed by atoms with Crippen molar-refractivity contribution in [1.82, 2.24) is 4.98 Å². The van der Waals surface area contributed by atoms with Crippen molar-refractivity contribution in [2.75, 3.05) is 4.90 Å². The lowest BCUT2D eigenvalue weighted by Crippen LogP contribution is -2.09. The Morgan fingerprint density at radius 2 is 0.936 bits per heavy atom. The van der Waals surface area contributed by atoms with Crippen LogP contribution >= 0.6 is 0 Å². The molecule has 0 saturated carbocycles. The van der Waals surface area contributed by atoms with Gasteiger partial charge in [0.25, 0.3) is 0 Å². The van der Waals surface area contributed by atoms with E-state index in [0.717, 1.165) is 61.2 Å². The summed E-state index contributed by atoms with van der Waals surface area (Å²) in [5, 5.41) is 2.01. The Labute approximate surface area is 271 Å². The van der Waals surface area contributed by atoms with E-state index >= 15 is 0 Å². The van der Waals surface area contributed by atoms with Gasteiger partial charge in [0.2, 0.25) is 5.89 Å². The van der Waals surface area contributed by atoms with Gasteiger partial charge in [0.1, 0.15) is 16.7 Å². The average Bonchev–Trinajstić information content (AvgIpc) is 3.72. The van der Waals surface area contributed by atoms with Gasteiger partial charge in [-0.15, -0.1) is 0 Å². The average molecular weight is 605 g/mol. The van der Waals surface area contributed by atoms with E-state index in [1.807, 2.05) is 54.6 Å². The minimum atomic E-state index is 0.600. The molecule has 0 saturated heterocycles. The van der Waals surface area contributed by atoms with Crippen molar-refractivity contribution >= 4 is 50.1 Å². The number of rotatable bonds is 6. The Morgan fingerprint density at radius 1 is 0.362 bits per heavy atom. The standard InChI is InChI=1S/C43H28N2O2/c1-4-11-29(12-5-1)30-19-21-31(22-20-30)33-15-10-18-35(25-33)45(34-16-8-3-9-17-34)36-23-24-40-37(26-36)38-27-42-39(28-41(38)46-40)44-43(47-42)32-13-6-2-7-14-32/h1-28H. The number of fused-ring (bicyclic) bond motifs is 4. The molecule has 222 valence electrons. The summed E-state index contributed by atoms with van der Waals surface area (Å²) in [6, 6.07) is 58.8. The number of hydrogen-bond donors (Lipinski definition) is 0. The summed E-state index contributed by atoms with van der Waals surface area (Å²) in [6.07, 6.45) is 0. The molecule has 4 heteroatoms. The lowest BCUT2D eigenvalue weighted by molar-refractivity contribution is 0.620. The van der Waals surface area contributed by atoms with Crippen LogP contribution in [0.1, 0.15) is 0 Å². The maximum atomic E-state index is 6.34. The Kier molecular flexibility index (Phi) is 6.43. The first-order chi connectivity index (χ1) is 23.3. The van der Waals surface area contributed by atoms with Crippen molar-refractivity contribution in [3.63, 3.8) is 0 Å². The number of furan rings is 1. The van der Waals surface area contributed by atoms with Crippen molar-refractivity contribution in [2.45, 2.75) is 0 Å². The fraction of sp³-hybridized carbons (Fsp3) is 0. The van der Waals surface area contributed by atoms with E-state index in [2.05, 4.69) is 120 Å². The molecule has 0 unspecified atom stereocenters. The molecule has 7 aromatic carbocycles. The molecule has 2 aromatic heterocycles. The van der Waals surface area contributed by atoms with E-state index < -0.39 is 0 Å². The van der Waals surface area contributed by atoms with Gasteiger partial charge in [-0.25, -0.2) is 4.98 Å². The highest BCUT2D eigenvalue weighted by Gasteiger charge is 2.18. The zero-order chi connectivity index (χ0) is 31.2. The molecule has 9 aromatic rings. The number of benzene rings is 7. The number of nitrogens with zero attached hydrogens (tertiary/aromatic N) is 2. The molecule has 0 aliphatic rings. The molecule has 0 radical (unpaired) electrons. The van der Waals surface area contributed by atoms with Gasteiger partial charge in [-0.05, 0) is 82.9 Å². The molecule has 0 spiro atoms. The van der Waals surface area contributed by atoms with Crippen LogP contribution in [0.25, 0.3) is 66.7 Å². The summed E-state index contributed by atoms with van der Waals surface area (Å²) >= 11 is 0. The number of oxazole rings is 1. The summed E-state index contributed by atoms with van der Waals surface area (Å²) in [5.41, 5.74) is 12.0. The lowest BCUT2D eigenvalue weighted by atomic mass is 10.00. The summed E-state index contributed by atoms with van der Waals surface area (Å²) in [6.45, 7) is 0. The quantitative estimate of drug-likeness (QED) is 0.189. The van der Waals surface area contributed by atoms with Crippen molar-refractivity contribution < 1.29 is 8.83 Å². The molecule has 0 atom stereocenters. The largest absolute Gasteiger partial charge is 0.456 e. The van der Waals surface area contributed by atoms with E-state index in [-0.39, 0.29) is 0 Å². The number of aromatic nitrogens is 1. The molecule has 4 nitrogen and oxygen atoms in total. The highest BCUT2D eigenvalue weighted by Crippen LogP contribution is 2.41. The predicted octanol–water partition coefficient (Wildman–Crippen LogP) is 12.2. The van der Waals surface area contributed by atoms with E-state index in [9.17, 15) is 0 Å². The molecule has 47 heavy (non-hydrogen) atoms. The third-order valence-corrected chi connectivity index (χ3v) is 8.69. The maximum absolute atomic E-state index is 6.34. The van der Waals surface area contributed by atoms with Crippen LogP contribution in [0, 0.1) is 0 Å². The first kappa shape index (κ1) is 27.0. The third-order valence-electron chi connectivity index (χ3n) is 8.69. The van der Waals surface area contributed by atoms with Gasteiger partial charge in [0.05, 0.1) is 0 Å². The van der Waals surface area contributed by atoms with Gasteiger partial charge in [0.15, 0.2) is 5.58 Å². The third kappa shape index (κ3) is 4.93. The summed E-state index contributed by atoms with van der Waals surface area (Å²) in [4.78, 5) is 7.04. The fourth-order valence-corrected chi connectivity index (χ4v) is 6.36. The van der Waals surface area contributed by atoms with Gasteiger partial charge in [-0.3, -0.25) is 0 Å². The van der Waals surface area contributed by atoms with Crippen LogP contribution in [0.2, 0.25) is 0 Å². The van der Waals surface area contributed by atoms with Crippen molar-refractivity contribution in [1.29, 1.82) is 0 Å². The van der Waals surface area contributed by atoms with Crippen LogP contribution in [0.15, 0.2) is 179 Å². The summed E-state index contributed by atoms with van der Waals surface area (Å²) in [7, 11) is 0. The predicted molar refractivity (Wildman–Crippen MR) is 192 cm³/mol. The number of anilines is 3. The lowest BCUT2D eigenvalue weighted by Gasteiger charge is -2.26. The Hall–Kier alpha value is -6.39. The smallest absolute Gasteiger partial charge is 0.227 e. The Balaban J connectivity index is 1.13. The van der Waals surface area contributed by atoms with Gasteiger partial charge >= 0.3 is 0 Å². The molecular formula is C43H28N2O2. The molecule has 0 fully saturated rings. The van der Waals surface area contributed by atoms with Crippen molar-refractivity contribution in [2.24, 2.45) is 0 Å².